The van der Waals surface area contributed by atoms with Crippen LogP contribution in [0.1, 0.15) is 36.8 Å². The quantitative estimate of drug-likeness (QED) is 0.427. The molecule has 1 unspecified atom stereocenters. The van der Waals surface area contributed by atoms with Crippen molar-refractivity contribution in [3.63, 3.8) is 0 Å². The van der Waals surface area contributed by atoms with Gasteiger partial charge in [-0.2, -0.15) is 13.2 Å². The number of hydrogen-bond acceptors (Lipinski definition) is 6. The molecule has 0 saturated carbocycles. The van der Waals surface area contributed by atoms with Gasteiger partial charge in [0.1, 0.15) is 12.9 Å². The molecule has 0 aliphatic carbocycles. The summed E-state index contributed by atoms with van der Waals surface area (Å²) in [4.78, 5) is 4.63. The van der Waals surface area contributed by atoms with Gasteiger partial charge in [0.15, 0.2) is 17.2 Å². The molecule has 1 atom stereocenters. The summed E-state index contributed by atoms with van der Waals surface area (Å²) in [6.45, 7) is 3.53. The molecule has 0 bridgehead atoms. The molecule has 1 aromatic heterocycles. The fourth-order valence-corrected chi connectivity index (χ4v) is 3.32. The lowest BCUT2D eigenvalue weighted by molar-refractivity contribution is -0.137. The van der Waals surface area contributed by atoms with Crippen molar-refractivity contribution in [1.82, 2.24) is 14.8 Å². The van der Waals surface area contributed by atoms with Crippen LogP contribution in [0, 0.1) is 0 Å². The molecule has 2 N–H and O–H groups in total. The van der Waals surface area contributed by atoms with E-state index in [4.69, 9.17) is 10.5 Å². The van der Waals surface area contributed by atoms with E-state index in [1.165, 1.54) is 36.1 Å². The molecule has 10 heteroatoms. The number of aromatic nitrogens is 3. The fourth-order valence-electron chi connectivity index (χ4n) is 3.32. The number of nitrogens with two attached hydrogens (primary N) is 1. The van der Waals surface area contributed by atoms with E-state index in [-0.39, 0.29) is 11.4 Å². The zero-order valence-electron chi connectivity index (χ0n) is 18.1. The highest BCUT2D eigenvalue weighted by Crippen LogP contribution is 2.37. The smallest absolute Gasteiger partial charge is 0.417 e. The first-order chi connectivity index (χ1) is 15.0. The van der Waals surface area contributed by atoms with Gasteiger partial charge in [0.05, 0.1) is 17.8 Å². The Hall–Kier alpha value is -3.40. The largest absolute Gasteiger partial charge is 0.480 e. The normalized spacial score (nSPS) is 13.4. The molecule has 0 radical (unpaired) electrons. The van der Waals surface area contributed by atoms with Gasteiger partial charge in [0.2, 0.25) is 0 Å². The van der Waals surface area contributed by atoms with Gasteiger partial charge in [-0.1, -0.05) is 35.5 Å². The molecule has 7 nitrogen and oxygen atoms in total. The first kappa shape index (κ1) is 23.3. The number of oxime groups is 1. The van der Waals surface area contributed by atoms with Crippen LogP contribution >= 0.6 is 0 Å². The predicted molar refractivity (Wildman–Crippen MR) is 114 cm³/mol. The second kappa shape index (κ2) is 8.99. The standard InChI is InChI=1S/C22H24F3N5O2/c1-21(2,32-15-11-9-14(10-12-15)18(26)13-27-31-4)20-29-28-19(30(20)3)16-7-5-6-8-17(16)22(23,24)25/h5-13,18H,26H2,1-4H3/b27-13-. The van der Waals surface area contributed by atoms with Crippen molar-refractivity contribution < 1.29 is 22.7 Å². The third kappa shape index (κ3) is 4.91. The van der Waals surface area contributed by atoms with Crippen molar-refractivity contribution in [2.24, 2.45) is 17.9 Å². The van der Waals surface area contributed by atoms with Gasteiger partial charge < -0.3 is 19.9 Å². The maximum absolute atomic E-state index is 13.4. The van der Waals surface area contributed by atoms with Gasteiger partial charge in [-0.3, -0.25) is 0 Å². The molecule has 0 saturated heterocycles. The van der Waals surface area contributed by atoms with E-state index in [0.29, 0.717) is 11.6 Å². The van der Waals surface area contributed by atoms with Crippen molar-refractivity contribution in [1.29, 1.82) is 0 Å². The molecule has 32 heavy (non-hydrogen) atoms. The summed E-state index contributed by atoms with van der Waals surface area (Å²) in [6, 6.07) is 11.9. The SMILES string of the molecule is CO/N=C\C(N)c1ccc(OC(C)(C)c2nnc(-c3ccccc3C(F)(F)F)n2C)cc1. The minimum Gasteiger partial charge on any atom is -0.480 e. The number of rotatable bonds is 7. The van der Waals surface area contributed by atoms with Crippen molar-refractivity contribution in [2.45, 2.75) is 31.7 Å². The highest BCUT2D eigenvalue weighted by atomic mass is 19.4. The van der Waals surface area contributed by atoms with Crippen LogP contribution < -0.4 is 10.5 Å². The van der Waals surface area contributed by atoms with Crippen molar-refractivity contribution in [3.8, 4) is 17.1 Å². The molecule has 2 aromatic carbocycles. The van der Waals surface area contributed by atoms with Crippen LogP contribution in [-0.4, -0.2) is 28.1 Å². The molecule has 0 aliphatic heterocycles. The minimum absolute atomic E-state index is 0.0480. The summed E-state index contributed by atoms with van der Waals surface area (Å²) in [7, 11) is 3.04. The summed E-state index contributed by atoms with van der Waals surface area (Å²) < 4.78 is 47.9. The van der Waals surface area contributed by atoms with Crippen LogP contribution in [-0.2, 0) is 23.7 Å². The number of halogens is 3. The summed E-state index contributed by atoms with van der Waals surface area (Å²) in [5, 5.41) is 11.8. The number of ether oxygens (including phenoxy) is 1. The zero-order valence-corrected chi connectivity index (χ0v) is 18.1. The second-order valence-electron chi connectivity index (χ2n) is 7.59. The lowest BCUT2D eigenvalue weighted by Crippen LogP contribution is -2.29. The predicted octanol–water partition coefficient (Wildman–Crippen LogP) is 4.45. The van der Waals surface area contributed by atoms with Gasteiger partial charge >= 0.3 is 6.18 Å². The molecule has 0 aliphatic rings. The van der Waals surface area contributed by atoms with Crippen LogP contribution in [0.5, 0.6) is 5.75 Å². The Kier molecular flexibility index (Phi) is 6.54. The van der Waals surface area contributed by atoms with E-state index in [0.717, 1.165) is 11.6 Å². The van der Waals surface area contributed by atoms with E-state index in [1.807, 2.05) is 0 Å². The Morgan fingerprint density at radius 1 is 1.06 bits per heavy atom. The summed E-state index contributed by atoms with van der Waals surface area (Å²) >= 11 is 0. The average Bonchev–Trinajstić information content (AvgIpc) is 3.14. The van der Waals surface area contributed by atoms with Crippen LogP contribution in [0.25, 0.3) is 11.4 Å². The maximum atomic E-state index is 13.4. The molecule has 0 spiro atoms. The van der Waals surface area contributed by atoms with Crippen LogP contribution in [0.4, 0.5) is 13.2 Å². The Morgan fingerprint density at radius 2 is 1.72 bits per heavy atom. The Balaban J connectivity index is 1.87. The highest BCUT2D eigenvalue weighted by Gasteiger charge is 2.36. The van der Waals surface area contributed by atoms with Crippen molar-refractivity contribution in [2.75, 3.05) is 7.11 Å². The average molecular weight is 447 g/mol. The van der Waals surface area contributed by atoms with E-state index < -0.39 is 23.4 Å². The number of hydrogen-bond donors (Lipinski definition) is 1. The van der Waals surface area contributed by atoms with E-state index in [1.54, 1.807) is 45.2 Å². The fraction of sp³-hybridized carbons (Fsp3) is 0.318. The molecule has 1 heterocycles. The van der Waals surface area contributed by atoms with E-state index in [9.17, 15) is 13.2 Å². The summed E-state index contributed by atoms with van der Waals surface area (Å²) in [5.41, 5.74) is 5.01. The molecular weight excluding hydrogens is 423 g/mol. The van der Waals surface area contributed by atoms with Crippen LogP contribution in [0.3, 0.4) is 0 Å². The number of alkyl halides is 3. The van der Waals surface area contributed by atoms with Gasteiger partial charge in [-0.15, -0.1) is 10.2 Å². The number of benzene rings is 2. The molecule has 170 valence electrons. The van der Waals surface area contributed by atoms with Crippen molar-refractivity contribution in [3.05, 3.63) is 65.5 Å². The Morgan fingerprint density at radius 3 is 2.34 bits per heavy atom. The third-order valence-corrected chi connectivity index (χ3v) is 4.85. The molecule has 0 fully saturated rings. The Labute approximate surface area is 183 Å². The maximum Gasteiger partial charge on any atom is 0.417 e. The highest BCUT2D eigenvalue weighted by molar-refractivity contribution is 5.66. The van der Waals surface area contributed by atoms with Gasteiger partial charge in [0.25, 0.3) is 0 Å². The molecule has 3 aromatic rings. The van der Waals surface area contributed by atoms with Crippen LogP contribution in [0.15, 0.2) is 53.7 Å². The van der Waals surface area contributed by atoms with E-state index >= 15 is 0 Å². The first-order valence-corrected chi connectivity index (χ1v) is 9.72. The lowest BCUT2D eigenvalue weighted by atomic mass is 10.1. The summed E-state index contributed by atoms with van der Waals surface area (Å²) in [5.74, 6) is 1.01. The van der Waals surface area contributed by atoms with Gasteiger partial charge in [-0.05, 0) is 37.6 Å². The van der Waals surface area contributed by atoms with Crippen LogP contribution in [0.2, 0.25) is 0 Å². The lowest BCUT2D eigenvalue weighted by Gasteiger charge is -2.26. The van der Waals surface area contributed by atoms with Gasteiger partial charge in [-0.25, -0.2) is 0 Å². The Bertz CT molecular complexity index is 1090. The number of nitrogens with zero attached hydrogens (tertiary/aromatic N) is 4. The van der Waals surface area contributed by atoms with Crippen molar-refractivity contribution >= 4 is 6.21 Å². The molecule has 3 rings (SSSR count). The molecule has 0 amide bonds. The first-order valence-electron chi connectivity index (χ1n) is 9.72. The topological polar surface area (TPSA) is 87.6 Å². The zero-order chi connectivity index (χ0) is 23.5. The molecular formula is C22H24F3N5O2. The summed E-state index contributed by atoms with van der Waals surface area (Å²) in [6.07, 6.45) is -3.04. The third-order valence-electron chi connectivity index (χ3n) is 4.85. The van der Waals surface area contributed by atoms with Gasteiger partial charge in [0, 0.05) is 12.6 Å². The second-order valence-corrected chi connectivity index (χ2v) is 7.59. The monoisotopic (exact) mass is 447 g/mol. The minimum atomic E-state index is -4.51. The van der Waals surface area contributed by atoms with E-state index in [2.05, 4.69) is 20.2 Å².